The summed E-state index contributed by atoms with van der Waals surface area (Å²) in [5, 5.41) is 0. The lowest BCUT2D eigenvalue weighted by molar-refractivity contribution is -0.139. The summed E-state index contributed by atoms with van der Waals surface area (Å²) in [6.45, 7) is 3.18. The van der Waals surface area contributed by atoms with E-state index >= 15 is 0 Å². The van der Waals surface area contributed by atoms with Gasteiger partial charge in [0.05, 0.1) is 43.2 Å². The second kappa shape index (κ2) is 8.22. The van der Waals surface area contributed by atoms with E-state index in [0.29, 0.717) is 19.6 Å². The maximum atomic E-state index is 13.3. The predicted molar refractivity (Wildman–Crippen MR) is 94.0 cm³/mol. The van der Waals surface area contributed by atoms with Crippen LogP contribution in [0.15, 0.2) is 57.0 Å². The molecule has 8 heteroatoms. The molecule has 0 saturated carbocycles. The molecule has 1 aliphatic rings. The van der Waals surface area contributed by atoms with Crippen LogP contribution in [0.3, 0.4) is 0 Å². The summed E-state index contributed by atoms with van der Waals surface area (Å²) in [6, 6.07) is 3.85. The molecule has 4 heterocycles. The van der Waals surface area contributed by atoms with Crippen LogP contribution in [0.1, 0.15) is 30.0 Å². The smallest absolute Gasteiger partial charge is 0.227 e. The van der Waals surface area contributed by atoms with Crippen LogP contribution in [-0.2, 0) is 24.4 Å². The van der Waals surface area contributed by atoms with Gasteiger partial charge in [-0.15, -0.1) is 0 Å². The number of amides is 1. The lowest BCUT2D eigenvalue weighted by Gasteiger charge is -2.34. The lowest BCUT2D eigenvalue weighted by Crippen LogP contribution is -2.44. The Kier molecular flexibility index (Phi) is 5.34. The van der Waals surface area contributed by atoms with Gasteiger partial charge in [-0.25, -0.2) is 9.97 Å². The van der Waals surface area contributed by atoms with Crippen molar-refractivity contribution >= 4 is 5.91 Å². The van der Waals surface area contributed by atoms with E-state index in [1.807, 2.05) is 12.1 Å². The number of oxazole rings is 2. The molecule has 0 N–H and O–H groups in total. The van der Waals surface area contributed by atoms with Gasteiger partial charge in [0.25, 0.3) is 0 Å². The third-order valence-electron chi connectivity index (χ3n) is 4.80. The predicted octanol–water partition coefficient (Wildman–Crippen LogP) is 2.70. The highest BCUT2D eigenvalue weighted by Crippen LogP contribution is 2.22. The molecule has 27 heavy (non-hydrogen) atoms. The summed E-state index contributed by atoms with van der Waals surface area (Å²) >= 11 is 0. The second-order valence-electron chi connectivity index (χ2n) is 6.81. The van der Waals surface area contributed by atoms with Crippen LogP contribution < -0.4 is 0 Å². The van der Waals surface area contributed by atoms with Gasteiger partial charge >= 0.3 is 0 Å². The van der Waals surface area contributed by atoms with Crippen LogP contribution in [0.2, 0.25) is 0 Å². The molecule has 3 aromatic rings. The first-order chi connectivity index (χ1) is 13.3. The minimum absolute atomic E-state index is 0.0625. The number of likely N-dealkylation sites (tertiary alicyclic amines) is 1. The van der Waals surface area contributed by atoms with Crippen molar-refractivity contribution in [2.24, 2.45) is 5.92 Å². The maximum absolute atomic E-state index is 13.3. The van der Waals surface area contributed by atoms with Gasteiger partial charge in [0.1, 0.15) is 18.3 Å². The molecular weight excluding hydrogens is 348 g/mol. The van der Waals surface area contributed by atoms with Crippen LogP contribution in [0, 0.1) is 5.92 Å². The van der Waals surface area contributed by atoms with Crippen molar-refractivity contribution in [1.29, 1.82) is 0 Å². The molecule has 3 aromatic heterocycles. The fraction of sp³-hybridized carbons (Fsp3) is 0.421. The third-order valence-corrected chi connectivity index (χ3v) is 4.80. The second-order valence-corrected chi connectivity index (χ2v) is 6.81. The van der Waals surface area contributed by atoms with E-state index in [0.717, 1.165) is 43.1 Å². The summed E-state index contributed by atoms with van der Waals surface area (Å²) < 4.78 is 15.5. The van der Waals surface area contributed by atoms with Gasteiger partial charge < -0.3 is 18.2 Å². The third kappa shape index (κ3) is 4.46. The Morgan fingerprint density at radius 1 is 1.19 bits per heavy atom. The highest BCUT2D eigenvalue weighted by atomic mass is 16.3. The monoisotopic (exact) mass is 370 g/mol. The van der Waals surface area contributed by atoms with Crippen LogP contribution in [0.25, 0.3) is 0 Å². The van der Waals surface area contributed by atoms with E-state index < -0.39 is 0 Å². The zero-order valence-corrected chi connectivity index (χ0v) is 15.0. The van der Waals surface area contributed by atoms with Crippen molar-refractivity contribution < 1.29 is 18.0 Å². The van der Waals surface area contributed by atoms with Crippen molar-refractivity contribution in [3.05, 3.63) is 60.9 Å². The van der Waals surface area contributed by atoms with Gasteiger partial charge in [-0.1, -0.05) is 0 Å². The molecule has 0 aliphatic carbocycles. The van der Waals surface area contributed by atoms with Crippen molar-refractivity contribution in [3.63, 3.8) is 0 Å². The van der Waals surface area contributed by atoms with Crippen molar-refractivity contribution in [2.75, 3.05) is 13.1 Å². The first kappa shape index (κ1) is 17.5. The quantitative estimate of drug-likeness (QED) is 0.632. The minimum Gasteiger partial charge on any atom is -0.468 e. The molecule has 0 bridgehead atoms. The van der Waals surface area contributed by atoms with Crippen LogP contribution in [0.4, 0.5) is 0 Å². The zero-order chi connectivity index (χ0) is 18.5. The van der Waals surface area contributed by atoms with Gasteiger partial charge in [-0.3, -0.25) is 9.69 Å². The average molecular weight is 370 g/mol. The number of hydrogen-bond acceptors (Lipinski definition) is 7. The van der Waals surface area contributed by atoms with Crippen LogP contribution >= 0.6 is 0 Å². The lowest BCUT2D eigenvalue weighted by atomic mass is 9.96. The standard InChI is InChI=1S/C19H22N4O4/c24-19(15-3-1-5-22(7-15)10-18-4-2-6-27-18)23(8-16-11-25-13-20-16)9-17-12-26-14-21-17/h2,4,6,11-15H,1,3,5,7-10H2. The van der Waals surface area contributed by atoms with E-state index in [1.165, 1.54) is 12.8 Å². The highest BCUT2D eigenvalue weighted by molar-refractivity contribution is 5.79. The van der Waals surface area contributed by atoms with E-state index in [9.17, 15) is 4.79 Å². The number of piperidine rings is 1. The summed E-state index contributed by atoms with van der Waals surface area (Å²) in [7, 11) is 0. The SMILES string of the molecule is O=C(C1CCCN(Cc2ccco2)C1)N(Cc1cocn1)Cc1cocn1. The average Bonchev–Trinajstić information content (AvgIpc) is 3.45. The summed E-state index contributed by atoms with van der Waals surface area (Å²) in [5.74, 6) is 0.961. The molecule has 1 aliphatic heterocycles. The zero-order valence-electron chi connectivity index (χ0n) is 15.0. The molecular formula is C19H22N4O4. The largest absolute Gasteiger partial charge is 0.468 e. The minimum atomic E-state index is -0.0625. The molecule has 8 nitrogen and oxygen atoms in total. The number of hydrogen-bond donors (Lipinski definition) is 0. The van der Waals surface area contributed by atoms with Gasteiger partial charge in [-0.05, 0) is 31.5 Å². The Labute approximate surface area is 156 Å². The summed E-state index contributed by atoms with van der Waals surface area (Å²) in [5.41, 5.74) is 1.44. The van der Waals surface area contributed by atoms with E-state index in [4.69, 9.17) is 13.3 Å². The molecule has 1 amide bonds. The van der Waals surface area contributed by atoms with E-state index in [-0.39, 0.29) is 11.8 Å². The van der Waals surface area contributed by atoms with Crippen molar-refractivity contribution in [2.45, 2.75) is 32.5 Å². The molecule has 142 valence electrons. The molecule has 0 radical (unpaired) electrons. The molecule has 1 unspecified atom stereocenters. The molecule has 0 aromatic carbocycles. The number of carbonyl (C=O) groups excluding carboxylic acids is 1. The number of nitrogens with zero attached hydrogens (tertiary/aromatic N) is 4. The first-order valence-corrected chi connectivity index (χ1v) is 9.05. The number of aromatic nitrogens is 2. The number of carbonyl (C=O) groups is 1. The van der Waals surface area contributed by atoms with E-state index in [1.54, 1.807) is 23.7 Å². The van der Waals surface area contributed by atoms with Crippen LogP contribution in [0.5, 0.6) is 0 Å². The topological polar surface area (TPSA) is 88.8 Å². The van der Waals surface area contributed by atoms with Crippen molar-refractivity contribution in [3.8, 4) is 0 Å². The molecule has 4 rings (SSSR count). The van der Waals surface area contributed by atoms with Gasteiger partial charge in [0, 0.05) is 6.54 Å². The fourth-order valence-electron chi connectivity index (χ4n) is 3.52. The number of furan rings is 1. The van der Waals surface area contributed by atoms with Gasteiger partial charge in [0.2, 0.25) is 5.91 Å². The molecule has 1 fully saturated rings. The molecule has 1 saturated heterocycles. The number of rotatable bonds is 7. The Morgan fingerprint density at radius 3 is 2.52 bits per heavy atom. The summed E-state index contributed by atoms with van der Waals surface area (Å²) in [6.07, 6.45) is 9.42. The maximum Gasteiger partial charge on any atom is 0.227 e. The fourth-order valence-corrected chi connectivity index (χ4v) is 3.52. The normalized spacial score (nSPS) is 17.9. The molecule has 0 spiro atoms. The van der Waals surface area contributed by atoms with Crippen LogP contribution in [-0.4, -0.2) is 38.8 Å². The van der Waals surface area contributed by atoms with Gasteiger partial charge in [0.15, 0.2) is 12.8 Å². The molecule has 1 atom stereocenters. The van der Waals surface area contributed by atoms with E-state index in [2.05, 4.69) is 14.9 Å². The Balaban J connectivity index is 1.44. The Morgan fingerprint density at radius 2 is 1.93 bits per heavy atom. The highest BCUT2D eigenvalue weighted by Gasteiger charge is 2.30. The van der Waals surface area contributed by atoms with Gasteiger partial charge in [-0.2, -0.15) is 0 Å². The Bertz CT molecular complexity index is 778. The van der Waals surface area contributed by atoms with Crippen molar-refractivity contribution in [1.82, 2.24) is 19.8 Å². The summed E-state index contributed by atoms with van der Waals surface area (Å²) in [4.78, 5) is 25.6. The Hall–Kier alpha value is -2.87. The first-order valence-electron chi connectivity index (χ1n) is 9.05.